The van der Waals surface area contributed by atoms with Gasteiger partial charge in [-0.2, -0.15) is 0 Å². The lowest BCUT2D eigenvalue weighted by atomic mass is 9.72. The molecule has 0 bridgehead atoms. The van der Waals surface area contributed by atoms with E-state index in [0.29, 0.717) is 6.61 Å². The second-order valence-electron chi connectivity index (χ2n) is 8.32. The van der Waals surface area contributed by atoms with Gasteiger partial charge in [-0.3, -0.25) is 4.98 Å². The third-order valence-electron chi connectivity index (χ3n) is 5.03. The Labute approximate surface area is 176 Å². The summed E-state index contributed by atoms with van der Waals surface area (Å²) in [5.41, 5.74) is 4.41. The highest BCUT2D eigenvalue weighted by Gasteiger charge is 2.28. The smallest absolute Gasteiger partial charge is 0.143 e. The lowest BCUT2D eigenvalue weighted by Gasteiger charge is -2.32. The van der Waals surface area contributed by atoms with E-state index in [1.54, 1.807) is 17.2 Å². The maximum atomic E-state index is 5.89. The average molecular weight is 399 g/mol. The molecule has 6 nitrogen and oxygen atoms in total. The highest BCUT2D eigenvalue weighted by atomic mass is 16.5. The standard InChI is InChI=1S/C24H25N5O/c1-24(2,3)23(18-7-11-21(12-8-18)29-17-26-27-28-29)19-9-13-22(14-10-19)30-16-20-6-4-5-15-25-20/h4-15,17,23H,16H2,1-3H3. The van der Waals surface area contributed by atoms with Crippen LogP contribution in [-0.2, 0) is 6.61 Å². The molecule has 0 saturated heterocycles. The second-order valence-corrected chi connectivity index (χ2v) is 8.32. The first-order chi connectivity index (χ1) is 14.5. The fraction of sp³-hybridized carbons (Fsp3) is 0.250. The molecular weight excluding hydrogens is 374 g/mol. The first-order valence-electron chi connectivity index (χ1n) is 9.97. The van der Waals surface area contributed by atoms with E-state index in [9.17, 15) is 0 Å². The molecule has 0 amide bonds. The van der Waals surface area contributed by atoms with Crippen LogP contribution in [-0.4, -0.2) is 25.2 Å². The van der Waals surface area contributed by atoms with Crippen LogP contribution in [0.2, 0.25) is 0 Å². The van der Waals surface area contributed by atoms with Crippen molar-refractivity contribution in [2.24, 2.45) is 5.41 Å². The molecule has 0 aliphatic heterocycles. The van der Waals surface area contributed by atoms with Crippen molar-refractivity contribution in [2.75, 3.05) is 0 Å². The van der Waals surface area contributed by atoms with Crippen LogP contribution in [0.5, 0.6) is 5.75 Å². The Kier molecular flexibility index (Phi) is 5.57. The van der Waals surface area contributed by atoms with Crippen LogP contribution in [0.3, 0.4) is 0 Å². The van der Waals surface area contributed by atoms with E-state index < -0.39 is 0 Å². The molecule has 152 valence electrons. The number of aromatic nitrogens is 5. The first kappa shape index (κ1) is 19.8. The number of benzene rings is 2. The summed E-state index contributed by atoms with van der Waals surface area (Å²) >= 11 is 0. The van der Waals surface area contributed by atoms with Crippen LogP contribution in [0.1, 0.15) is 43.5 Å². The number of ether oxygens (including phenoxy) is 1. The molecule has 1 unspecified atom stereocenters. The van der Waals surface area contributed by atoms with Gasteiger partial charge in [-0.1, -0.05) is 51.1 Å². The van der Waals surface area contributed by atoms with E-state index in [4.69, 9.17) is 4.74 Å². The van der Waals surface area contributed by atoms with Gasteiger partial charge >= 0.3 is 0 Å². The largest absolute Gasteiger partial charge is 0.487 e. The van der Waals surface area contributed by atoms with E-state index in [0.717, 1.165) is 17.1 Å². The Morgan fingerprint density at radius 1 is 0.900 bits per heavy atom. The molecular formula is C24H25N5O. The molecule has 30 heavy (non-hydrogen) atoms. The molecule has 0 aliphatic rings. The number of hydrogen-bond acceptors (Lipinski definition) is 5. The van der Waals surface area contributed by atoms with Gasteiger partial charge in [-0.15, -0.1) is 5.10 Å². The number of tetrazole rings is 1. The summed E-state index contributed by atoms with van der Waals surface area (Å²) in [5, 5.41) is 11.4. The summed E-state index contributed by atoms with van der Waals surface area (Å²) in [5.74, 6) is 1.08. The Bertz CT molecular complexity index is 1050. The Morgan fingerprint density at radius 2 is 1.60 bits per heavy atom. The minimum absolute atomic E-state index is 0.0483. The van der Waals surface area contributed by atoms with E-state index in [2.05, 4.69) is 77.7 Å². The zero-order valence-corrected chi connectivity index (χ0v) is 17.4. The normalized spacial score (nSPS) is 12.5. The lowest BCUT2D eigenvalue weighted by molar-refractivity contribution is 0.301. The molecule has 0 N–H and O–H groups in total. The predicted molar refractivity (Wildman–Crippen MR) is 115 cm³/mol. The fourth-order valence-corrected chi connectivity index (χ4v) is 3.69. The molecule has 1 atom stereocenters. The quantitative estimate of drug-likeness (QED) is 0.465. The molecule has 0 fully saturated rings. The predicted octanol–water partition coefficient (Wildman–Crippen LogP) is 4.81. The minimum atomic E-state index is 0.0483. The average Bonchev–Trinajstić information content (AvgIpc) is 3.29. The van der Waals surface area contributed by atoms with Gasteiger partial charge in [0.05, 0.1) is 11.4 Å². The van der Waals surface area contributed by atoms with E-state index in [-0.39, 0.29) is 11.3 Å². The highest BCUT2D eigenvalue weighted by molar-refractivity contribution is 5.41. The fourth-order valence-electron chi connectivity index (χ4n) is 3.69. The Morgan fingerprint density at radius 3 is 2.17 bits per heavy atom. The number of hydrogen-bond donors (Lipinski definition) is 0. The number of rotatable bonds is 6. The summed E-state index contributed by atoms with van der Waals surface area (Å²) in [6, 6.07) is 22.6. The van der Waals surface area contributed by atoms with Gasteiger partial charge in [0.1, 0.15) is 18.7 Å². The second kappa shape index (κ2) is 8.45. The van der Waals surface area contributed by atoms with Crippen LogP contribution in [0.25, 0.3) is 5.69 Å². The molecule has 4 rings (SSSR count). The van der Waals surface area contributed by atoms with Crippen molar-refractivity contribution in [2.45, 2.75) is 33.3 Å². The summed E-state index contributed by atoms with van der Waals surface area (Å²) < 4.78 is 7.55. The molecule has 0 spiro atoms. The molecule has 2 aromatic carbocycles. The van der Waals surface area contributed by atoms with Crippen molar-refractivity contribution < 1.29 is 4.74 Å². The number of nitrogens with zero attached hydrogens (tertiary/aromatic N) is 5. The van der Waals surface area contributed by atoms with Gasteiger partial charge in [0, 0.05) is 12.1 Å². The van der Waals surface area contributed by atoms with Crippen molar-refractivity contribution in [3.05, 3.63) is 96.1 Å². The molecule has 0 radical (unpaired) electrons. The van der Waals surface area contributed by atoms with Crippen molar-refractivity contribution in [3.8, 4) is 11.4 Å². The van der Waals surface area contributed by atoms with E-state index in [1.165, 1.54) is 11.1 Å². The molecule has 4 aromatic rings. The summed E-state index contributed by atoms with van der Waals surface area (Å²) in [4.78, 5) is 4.30. The van der Waals surface area contributed by atoms with Gasteiger partial charge in [0.15, 0.2) is 0 Å². The molecule has 2 aromatic heterocycles. The van der Waals surface area contributed by atoms with Crippen LogP contribution in [0.4, 0.5) is 0 Å². The minimum Gasteiger partial charge on any atom is -0.487 e. The van der Waals surface area contributed by atoms with Crippen LogP contribution in [0.15, 0.2) is 79.3 Å². The maximum absolute atomic E-state index is 5.89. The Balaban J connectivity index is 1.54. The third kappa shape index (κ3) is 4.54. The summed E-state index contributed by atoms with van der Waals surface area (Å²) in [7, 11) is 0. The van der Waals surface area contributed by atoms with Crippen molar-refractivity contribution in [3.63, 3.8) is 0 Å². The van der Waals surface area contributed by atoms with Crippen molar-refractivity contribution in [1.82, 2.24) is 25.2 Å². The van der Waals surface area contributed by atoms with Gasteiger partial charge in [-0.25, -0.2) is 4.68 Å². The molecule has 6 heteroatoms. The van der Waals surface area contributed by atoms with Gasteiger partial charge < -0.3 is 4.74 Å². The molecule has 0 aliphatic carbocycles. The third-order valence-corrected chi connectivity index (χ3v) is 5.03. The first-order valence-corrected chi connectivity index (χ1v) is 9.97. The van der Waals surface area contributed by atoms with E-state index in [1.807, 2.05) is 30.3 Å². The summed E-state index contributed by atoms with van der Waals surface area (Å²) in [6.45, 7) is 7.25. The lowest BCUT2D eigenvalue weighted by Crippen LogP contribution is -2.19. The zero-order chi connectivity index (χ0) is 21.0. The summed E-state index contributed by atoms with van der Waals surface area (Å²) in [6.07, 6.45) is 3.38. The Hall–Kier alpha value is -3.54. The van der Waals surface area contributed by atoms with Crippen LogP contribution in [0, 0.1) is 5.41 Å². The SMILES string of the molecule is CC(C)(C)C(c1ccc(OCc2ccccn2)cc1)c1ccc(-n2cnnn2)cc1. The van der Waals surface area contributed by atoms with Gasteiger partial charge in [-0.05, 0) is 63.4 Å². The monoisotopic (exact) mass is 399 g/mol. The molecule has 0 saturated carbocycles. The van der Waals surface area contributed by atoms with Crippen LogP contribution >= 0.6 is 0 Å². The molecule has 2 heterocycles. The number of pyridine rings is 1. The van der Waals surface area contributed by atoms with Crippen molar-refractivity contribution >= 4 is 0 Å². The van der Waals surface area contributed by atoms with E-state index >= 15 is 0 Å². The topological polar surface area (TPSA) is 65.7 Å². The zero-order valence-electron chi connectivity index (χ0n) is 17.4. The van der Waals surface area contributed by atoms with Crippen LogP contribution < -0.4 is 4.74 Å². The van der Waals surface area contributed by atoms with Gasteiger partial charge in [0.25, 0.3) is 0 Å². The maximum Gasteiger partial charge on any atom is 0.143 e. The van der Waals surface area contributed by atoms with Crippen molar-refractivity contribution in [1.29, 1.82) is 0 Å². The highest BCUT2D eigenvalue weighted by Crippen LogP contribution is 2.41. The van der Waals surface area contributed by atoms with Gasteiger partial charge in [0.2, 0.25) is 0 Å².